The van der Waals surface area contributed by atoms with Crippen molar-refractivity contribution in [3.63, 3.8) is 0 Å². The van der Waals surface area contributed by atoms with Crippen LogP contribution in [-0.4, -0.2) is 42.4 Å². The lowest BCUT2D eigenvalue weighted by Crippen LogP contribution is -2.46. The van der Waals surface area contributed by atoms with Crippen molar-refractivity contribution in [3.8, 4) is 0 Å². The van der Waals surface area contributed by atoms with E-state index in [1.165, 1.54) is 0 Å². The van der Waals surface area contributed by atoms with Crippen molar-refractivity contribution in [2.75, 3.05) is 19.7 Å². The second-order valence-electron chi connectivity index (χ2n) is 4.17. The predicted octanol–water partition coefficient (Wildman–Crippen LogP) is 1.38. The number of Topliss-reactive ketones (excluding diaryl/α,β-unsaturated/α-hetero) is 1. The van der Waals surface area contributed by atoms with Crippen LogP contribution in [0.25, 0.3) is 0 Å². The van der Waals surface area contributed by atoms with E-state index in [1.807, 2.05) is 13.8 Å². The summed E-state index contributed by atoms with van der Waals surface area (Å²) in [7, 11) is 0. The van der Waals surface area contributed by atoms with Gasteiger partial charge in [-0.25, -0.2) is 0 Å². The summed E-state index contributed by atoms with van der Waals surface area (Å²) in [4.78, 5) is 25.0. The van der Waals surface area contributed by atoms with Crippen molar-refractivity contribution in [1.29, 1.82) is 0 Å². The molecule has 1 aliphatic heterocycles. The zero-order valence-corrected chi connectivity index (χ0v) is 10.2. The molecule has 1 rings (SSSR count). The van der Waals surface area contributed by atoms with Crippen molar-refractivity contribution < 1.29 is 14.3 Å². The summed E-state index contributed by atoms with van der Waals surface area (Å²) in [5.74, 6) is 0.159. The summed E-state index contributed by atoms with van der Waals surface area (Å²) in [5.41, 5.74) is 0. The molecular weight excluding hydrogens is 206 g/mol. The minimum atomic E-state index is -0.167. The van der Waals surface area contributed by atoms with Gasteiger partial charge >= 0.3 is 5.97 Å². The zero-order chi connectivity index (χ0) is 12.0. The molecule has 1 unspecified atom stereocenters. The minimum absolute atomic E-state index is 0.140. The lowest BCUT2D eigenvalue weighted by molar-refractivity contribution is -0.151. The Labute approximate surface area is 96.9 Å². The van der Waals surface area contributed by atoms with Gasteiger partial charge in [0.15, 0.2) is 0 Å². The second-order valence-corrected chi connectivity index (χ2v) is 4.17. The number of carbonyl (C=O) groups is 2. The third-order valence-corrected chi connectivity index (χ3v) is 2.90. The number of carbonyl (C=O) groups excluding carboxylic acids is 2. The summed E-state index contributed by atoms with van der Waals surface area (Å²) >= 11 is 0. The highest BCUT2D eigenvalue weighted by atomic mass is 16.5. The molecule has 1 aliphatic rings. The average molecular weight is 227 g/mol. The Bertz CT molecular complexity index is 243. The van der Waals surface area contributed by atoms with E-state index in [4.69, 9.17) is 4.74 Å². The fourth-order valence-electron chi connectivity index (χ4n) is 1.96. The molecule has 4 heteroatoms. The third kappa shape index (κ3) is 3.59. The van der Waals surface area contributed by atoms with E-state index in [0.717, 1.165) is 12.8 Å². The Balaban J connectivity index is 2.46. The Morgan fingerprint density at radius 3 is 2.50 bits per heavy atom. The van der Waals surface area contributed by atoms with Gasteiger partial charge in [0.25, 0.3) is 0 Å². The van der Waals surface area contributed by atoms with E-state index in [2.05, 4.69) is 4.90 Å². The van der Waals surface area contributed by atoms with Gasteiger partial charge in [-0.15, -0.1) is 0 Å². The van der Waals surface area contributed by atoms with Crippen LogP contribution in [-0.2, 0) is 14.3 Å². The fourth-order valence-corrected chi connectivity index (χ4v) is 1.96. The summed E-state index contributed by atoms with van der Waals surface area (Å²) in [6.45, 7) is 5.83. The molecule has 0 saturated carbocycles. The van der Waals surface area contributed by atoms with Crippen LogP contribution in [0.3, 0.4) is 0 Å². The molecule has 1 saturated heterocycles. The first-order valence-electron chi connectivity index (χ1n) is 6.11. The molecule has 0 aromatic rings. The zero-order valence-electron chi connectivity index (χ0n) is 10.2. The van der Waals surface area contributed by atoms with Crippen LogP contribution >= 0.6 is 0 Å². The van der Waals surface area contributed by atoms with Gasteiger partial charge < -0.3 is 4.74 Å². The first-order chi connectivity index (χ1) is 7.69. The van der Waals surface area contributed by atoms with Crippen molar-refractivity contribution in [3.05, 3.63) is 0 Å². The van der Waals surface area contributed by atoms with Crippen LogP contribution in [0.15, 0.2) is 0 Å². The second kappa shape index (κ2) is 6.63. The van der Waals surface area contributed by atoms with Crippen molar-refractivity contribution >= 4 is 11.8 Å². The lowest BCUT2D eigenvalue weighted by atomic mass is 10.1. The largest absolute Gasteiger partial charge is 0.465 e. The molecule has 0 aromatic carbocycles. The summed E-state index contributed by atoms with van der Waals surface area (Å²) in [6.07, 6.45) is 2.73. The number of likely N-dealkylation sites (tertiary alicyclic amines) is 1. The molecule has 92 valence electrons. The van der Waals surface area contributed by atoms with Crippen molar-refractivity contribution in [2.45, 2.75) is 45.6 Å². The first kappa shape index (κ1) is 13.2. The van der Waals surface area contributed by atoms with Gasteiger partial charge in [-0.1, -0.05) is 13.8 Å². The van der Waals surface area contributed by atoms with Gasteiger partial charge in [-0.3, -0.25) is 14.5 Å². The Hall–Kier alpha value is -0.900. The van der Waals surface area contributed by atoms with Gasteiger partial charge in [0.1, 0.15) is 11.8 Å². The molecule has 0 aliphatic carbocycles. The monoisotopic (exact) mass is 227 g/mol. The van der Waals surface area contributed by atoms with E-state index < -0.39 is 0 Å². The highest BCUT2D eigenvalue weighted by Gasteiger charge is 2.28. The number of rotatable bonds is 5. The minimum Gasteiger partial charge on any atom is -0.465 e. The summed E-state index contributed by atoms with van der Waals surface area (Å²) < 4.78 is 5.16. The molecule has 0 amide bonds. The number of piperidine rings is 1. The Morgan fingerprint density at radius 1 is 1.38 bits per heavy atom. The van der Waals surface area contributed by atoms with Crippen LogP contribution in [0.4, 0.5) is 0 Å². The maximum atomic E-state index is 11.8. The molecular formula is C12H21NO3. The van der Waals surface area contributed by atoms with Crippen LogP contribution < -0.4 is 0 Å². The molecule has 4 nitrogen and oxygen atoms in total. The lowest BCUT2D eigenvalue weighted by Gasteiger charge is -2.31. The van der Waals surface area contributed by atoms with E-state index in [-0.39, 0.29) is 12.0 Å². The Morgan fingerprint density at radius 2 is 2.00 bits per heavy atom. The number of ketones is 1. The standard InChI is InChI=1S/C12H21NO3/c1-3-9-16-12(15)11(4-2)13-7-5-10(14)6-8-13/h11H,3-9H2,1-2H3. The van der Waals surface area contributed by atoms with Crippen LogP contribution in [0.2, 0.25) is 0 Å². The smallest absolute Gasteiger partial charge is 0.323 e. The van der Waals surface area contributed by atoms with E-state index in [1.54, 1.807) is 0 Å². The highest BCUT2D eigenvalue weighted by molar-refractivity contribution is 5.80. The van der Waals surface area contributed by atoms with Crippen LogP contribution in [0.5, 0.6) is 0 Å². The van der Waals surface area contributed by atoms with Gasteiger partial charge in [0.2, 0.25) is 0 Å². The number of nitrogens with zero attached hydrogens (tertiary/aromatic N) is 1. The molecule has 0 radical (unpaired) electrons. The van der Waals surface area contributed by atoms with Crippen LogP contribution in [0, 0.1) is 0 Å². The van der Waals surface area contributed by atoms with Gasteiger partial charge in [0.05, 0.1) is 6.61 Å². The third-order valence-electron chi connectivity index (χ3n) is 2.90. The topological polar surface area (TPSA) is 46.6 Å². The Kier molecular flexibility index (Phi) is 5.46. The predicted molar refractivity (Wildman–Crippen MR) is 61.1 cm³/mol. The number of ether oxygens (including phenoxy) is 1. The molecule has 0 aromatic heterocycles. The maximum Gasteiger partial charge on any atom is 0.323 e. The average Bonchev–Trinajstić information content (AvgIpc) is 2.30. The first-order valence-corrected chi connectivity index (χ1v) is 6.11. The summed E-state index contributed by atoms with van der Waals surface area (Å²) in [6, 6.07) is -0.167. The molecule has 1 atom stereocenters. The highest BCUT2D eigenvalue weighted by Crippen LogP contribution is 2.13. The fraction of sp³-hybridized carbons (Fsp3) is 0.833. The molecule has 1 fully saturated rings. The number of hydrogen-bond acceptors (Lipinski definition) is 4. The maximum absolute atomic E-state index is 11.8. The molecule has 16 heavy (non-hydrogen) atoms. The molecule has 0 spiro atoms. The number of hydrogen-bond donors (Lipinski definition) is 0. The van der Waals surface area contributed by atoms with Gasteiger partial charge in [-0.05, 0) is 12.8 Å². The molecule has 0 N–H and O–H groups in total. The SMILES string of the molecule is CCCOC(=O)C(CC)N1CCC(=O)CC1. The van der Waals surface area contributed by atoms with Gasteiger partial charge in [0, 0.05) is 25.9 Å². The quantitative estimate of drug-likeness (QED) is 0.666. The van der Waals surface area contributed by atoms with E-state index >= 15 is 0 Å². The van der Waals surface area contributed by atoms with Crippen molar-refractivity contribution in [1.82, 2.24) is 4.90 Å². The van der Waals surface area contributed by atoms with E-state index in [0.29, 0.717) is 38.3 Å². The molecule has 0 bridgehead atoms. The summed E-state index contributed by atoms with van der Waals surface area (Å²) in [5, 5.41) is 0. The number of esters is 1. The van der Waals surface area contributed by atoms with Gasteiger partial charge in [-0.2, -0.15) is 0 Å². The van der Waals surface area contributed by atoms with Crippen molar-refractivity contribution in [2.24, 2.45) is 0 Å². The normalized spacial score (nSPS) is 19.5. The van der Waals surface area contributed by atoms with E-state index in [9.17, 15) is 9.59 Å². The van der Waals surface area contributed by atoms with Crippen LogP contribution in [0.1, 0.15) is 39.5 Å². The molecule has 1 heterocycles.